The quantitative estimate of drug-likeness (QED) is 0.775. The van der Waals surface area contributed by atoms with Crippen molar-refractivity contribution in [1.29, 1.82) is 0 Å². The second kappa shape index (κ2) is 7.02. The number of rotatable bonds is 4. The second-order valence-electron chi connectivity index (χ2n) is 5.70. The molecule has 4 nitrogen and oxygen atoms in total. The first-order valence-corrected chi connectivity index (χ1v) is 7.25. The van der Waals surface area contributed by atoms with Gasteiger partial charge in [0.1, 0.15) is 12.4 Å². The van der Waals surface area contributed by atoms with E-state index in [2.05, 4.69) is 20.7 Å². The first-order valence-electron chi connectivity index (χ1n) is 6.46. The molecule has 21 heavy (non-hydrogen) atoms. The summed E-state index contributed by atoms with van der Waals surface area (Å²) in [6.45, 7) is 5.25. The van der Waals surface area contributed by atoms with E-state index in [4.69, 9.17) is 0 Å². The van der Waals surface area contributed by atoms with Crippen molar-refractivity contribution in [3.63, 3.8) is 0 Å². The van der Waals surface area contributed by atoms with E-state index in [0.717, 1.165) is 0 Å². The Morgan fingerprint density at radius 1 is 1.33 bits per heavy atom. The molecule has 0 spiro atoms. The van der Waals surface area contributed by atoms with Gasteiger partial charge in [0.25, 0.3) is 0 Å². The number of carbonyl (C=O) groups excluding carboxylic acids is 2. The summed E-state index contributed by atoms with van der Waals surface area (Å²) in [5, 5.41) is 0. The van der Waals surface area contributed by atoms with Gasteiger partial charge in [0.05, 0.1) is 11.6 Å². The lowest BCUT2D eigenvalue weighted by Crippen LogP contribution is -2.42. The van der Waals surface area contributed by atoms with Crippen molar-refractivity contribution < 1.29 is 18.7 Å². The van der Waals surface area contributed by atoms with Crippen LogP contribution in [0.5, 0.6) is 0 Å². The van der Waals surface area contributed by atoms with Crippen molar-refractivity contribution in [2.45, 2.75) is 27.3 Å². The molecule has 0 N–H and O–H groups in total. The number of hydrogen-bond acceptors (Lipinski definition) is 3. The molecule has 6 heteroatoms. The molecule has 0 aliphatic carbocycles. The molecule has 0 saturated heterocycles. The largest absolute Gasteiger partial charge is 0.468 e. The standard InChI is InChI=1S/C15H19BrFNO3/c1-15(2,3)14(20)18(9-12(19)21-4)8-10-6-5-7-11(17)13(10)16/h5-7H,8-9H2,1-4H3. The van der Waals surface area contributed by atoms with E-state index in [0.29, 0.717) is 10.0 Å². The Balaban J connectivity index is 3.05. The summed E-state index contributed by atoms with van der Waals surface area (Å²) in [6.07, 6.45) is 0. The van der Waals surface area contributed by atoms with E-state index in [1.165, 1.54) is 18.1 Å². The molecule has 0 aromatic heterocycles. The van der Waals surface area contributed by atoms with Crippen molar-refractivity contribution in [1.82, 2.24) is 4.90 Å². The summed E-state index contributed by atoms with van der Waals surface area (Å²) >= 11 is 3.16. The number of carbonyl (C=O) groups is 2. The molecule has 0 fully saturated rings. The van der Waals surface area contributed by atoms with Gasteiger partial charge in [-0.1, -0.05) is 32.9 Å². The van der Waals surface area contributed by atoms with Gasteiger partial charge in [0.2, 0.25) is 5.91 Å². The molecule has 0 radical (unpaired) electrons. The molecule has 0 heterocycles. The normalized spacial score (nSPS) is 11.1. The summed E-state index contributed by atoms with van der Waals surface area (Å²) in [6, 6.07) is 4.59. The van der Waals surface area contributed by atoms with Gasteiger partial charge in [0, 0.05) is 12.0 Å². The summed E-state index contributed by atoms with van der Waals surface area (Å²) in [5.41, 5.74) is -0.0510. The number of halogens is 2. The van der Waals surface area contributed by atoms with Crippen LogP contribution in [-0.2, 0) is 20.9 Å². The molecule has 0 saturated carbocycles. The van der Waals surface area contributed by atoms with Crippen LogP contribution < -0.4 is 0 Å². The molecule has 0 atom stereocenters. The number of hydrogen-bond donors (Lipinski definition) is 0. The summed E-state index contributed by atoms with van der Waals surface area (Å²) < 4.78 is 18.5. The monoisotopic (exact) mass is 359 g/mol. The van der Waals surface area contributed by atoms with Gasteiger partial charge in [-0.3, -0.25) is 9.59 Å². The highest BCUT2D eigenvalue weighted by molar-refractivity contribution is 9.10. The van der Waals surface area contributed by atoms with E-state index in [-0.39, 0.29) is 19.0 Å². The maximum Gasteiger partial charge on any atom is 0.325 e. The van der Waals surface area contributed by atoms with Crippen LogP contribution in [0, 0.1) is 11.2 Å². The van der Waals surface area contributed by atoms with Crippen molar-refractivity contribution in [2.24, 2.45) is 5.41 Å². The highest BCUT2D eigenvalue weighted by Gasteiger charge is 2.29. The van der Waals surface area contributed by atoms with Gasteiger partial charge in [0.15, 0.2) is 0 Å². The molecule has 0 aliphatic heterocycles. The summed E-state index contributed by atoms with van der Waals surface area (Å²) in [7, 11) is 1.26. The summed E-state index contributed by atoms with van der Waals surface area (Å²) in [5.74, 6) is -1.13. The molecule has 1 aromatic rings. The average Bonchev–Trinajstić information content (AvgIpc) is 2.40. The minimum atomic E-state index is -0.645. The van der Waals surface area contributed by atoms with Crippen LogP contribution >= 0.6 is 15.9 Å². The number of ether oxygens (including phenoxy) is 1. The van der Waals surface area contributed by atoms with E-state index >= 15 is 0 Å². The number of methoxy groups -OCH3 is 1. The maximum atomic E-state index is 13.6. The fraction of sp³-hybridized carbons (Fsp3) is 0.467. The molecular weight excluding hydrogens is 341 g/mol. The third-order valence-electron chi connectivity index (χ3n) is 2.87. The Kier molecular flexibility index (Phi) is 5.89. The zero-order valence-electron chi connectivity index (χ0n) is 12.6. The molecule has 0 unspecified atom stereocenters. The van der Waals surface area contributed by atoms with Gasteiger partial charge in [-0.2, -0.15) is 0 Å². The smallest absolute Gasteiger partial charge is 0.325 e. The minimum absolute atomic E-state index is 0.129. The Hall–Kier alpha value is -1.43. The van der Waals surface area contributed by atoms with Crippen LogP contribution in [0.25, 0.3) is 0 Å². The van der Waals surface area contributed by atoms with Crippen LogP contribution in [0.3, 0.4) is 0 Å². The molecule has 1 rings (SSSR count). The Bertz CT molecular complexity index is 540. The third-order valence-corrected chi connectivity index (χ3v) is 3.76. The predicted molar refractivity (Wildman–Crippen MR) is 81.0 cm³/mol. The van der Waals surface area contributed by atoms with Crippen molar-refractivity contribution in [3.05, 3.63) is 34.1 Å². The lowest BCUT2D eigenvalue weighted by Gasteiger charge is -2.29. The fourth-order valence-corrected chi connectivity index (χ4v) is 2.16. The number of esters is 1. The lowest BCUT2D eigenvalue weighted by molar-refractivity contribution is -0.150. The molecule has 0 bridgehead atoms. The maximum absolute atomic E-state index is 13.6. The van der Waals surface area contributed by atoms with Gasteiger partial charge < -0.3 is 9.64 Å². The predicted octanol–water partition coefficient (Wildman–Crippen LogP) is 3.14. The first-order chi connectivity index (χ1) is 9.66. The number of benzene rings is 1. The van der Waals surface area contributed by atoms with Gasteiger partial charge in [-0.05, 0) is 27.6 Å². The molecule has 0 aliphatic rings. The van der Waals surface area contributed by atoms with Crippen LogP contribution in [0.1, 0.15) is 26.3 Å². The van der Waals surface area contributed by atoms with Crippen molar-refractivity contribution in [3.8, 4) is 0 Å². The van der Waals surface area contributed by atoms with Crippen LogP contribution in [0.4, 0.5) is 4.39 Å². The van der Waals surface area contributed by atoms with Crippen molar-refractivity contribution in [2.75, 3.05) is 13.7 Å². The van der Waals surface area contributed by atoms with Gasteiger partial charge in [-0.25, -0.2) is 4.39 Å². The van der Waals surface area contributed by atoms with Crippen LogP contribution in [0.15, 0.2) is 22.7 Å². The van der Waals surface area contributed by atoms with E-state index in [1.807, 2.05) is 0 Å². The molecular formula is C15H19BrFNO3. The van der Waals surface area contributed by atoms with Gasteiger partial charge >= 0.3 is 5.97 Å². The second-order valence-corrected chi connectivity index (χ2v) is 6.49. The Labute approximate surface area is 132 Å². The topological polar surface area (TPSA) is 46.6 Å². The fourth-order valence-electron chi connectivity index (χ4n) is 1.77. The highest BCUT2D eigenvalue weighted by atomic mass is 79.9. The molecule has 116 valence electrons. The number of amides is 1. The van der Waals surface area contributed by atoms with Gasteiger partial charge in [-0.15, -0.1) is 0 Å². The first kappa shape index (κ1) is 17.6. The van der Waals surface area contributed by atoms with Crippen LogP contribution in [0.2, 0.25) is 0 Å². The highest BCUT2D eigenvalue weighted by Crippen LogP contribution is 2.24. The van der Waals surface area contributed by atoms with Crippen molar-refractivity contribution >= 4 is 27.8 Å². The van der Waals surface area contributed by atoms with E-state index in [9.17, 15) is 14.0 Å². The SMILES string of the molecule is COC(=O)CN(Cc1cccc(F)c1Br)C(=O)C(C)(C)C. The zero-order valence-corrected chi connectivity index (χ0v) is 14.2. The minimum Gasteiger partial charge on any atom is -0.468 e. The third kappa shape index (κ3) is 4.81. The van der Waals surface area contributed by atoms with E-state index < -0.39 is 17.2 Å². The average molecular weight is 360 g/mol. The lowest BCUT2D eigenvalue weighted by atomic mass is 9.94. The number of nitrogens with zero attached hydrogens (tertiary/aromatic N) is 1. The zero-order chi connectivity index (χ0) is 16.2. The molecule has 1 aromatic carbocycles. The van der Waals surface area contributed by atoms with Crippen LogP contribution in [-0.4, -0.2) is 30.4 Å². The summed E-state index contributed by atoms with van der Waals surface area (Å²) in [4.78, 5) is 25.3. The Morgan fingerprint density at radius 2 is 1.95 bits per heavy atom. The Morgan fingerprint density at radius 3 is 2.48 bits per heavy atom. The molecule has 1 amide bonds. The van der Waals surface area contributed by atoms with E-state index in [1.54, 1.807) is 32.9 Å².